The van der Waals surface area contributed by atoms with E-state index in [4.69, 9.17) is 16.0 Å². The van der Waals surface area contributed by atoms with Crippen molar-refractivity contribution >= 4 is 29.1 Å². The van der Waals surface area contributed by atoms with Gasteiger partial charge in [-0.15, -0.1) is 0 Å². The van der Waals surface area contributed by atoms with Crippen LogP contribution in [0.3, 0.4) is 0 Å². The van der Waals surface area contributed by atoms with Crippen molar-refractivity contribution in [3.05, 3.63) is 52.4 Å². The summed E-state index contributed by atoms with van der Waals surface area (Å²) in [6.07, 6.45) is 1.53. The van der Waals surface area contributed by atoms with Crippen LogP contribution < -0.4 is 10.6 Å². The summed E-state index contributed by atoms with van der Waals surface area (Å²) < 4.78 is 5.16. The molecule has 0 unspecified atom stereocenters. The molecule has 0 aliphatic heterocycles. The molecule has 0 aliphatic carbocycles. The van der Waals surface area contributed by atoms with Gasteiger partial charge in [0, 0.05) is 0 Å². The van der Waals surface area contributed by atoms with Gasteiger partial charge < -0.3 is 15.1 Å². The van der Waals surface area contributed by atoms with Crippen LogP contribution in [0.4, 0.5) is 5.69 Å². The fourth-order valence-corrected chi connectivity index (χ4v) is 2.62. The highest BCUT2D eigenvalue weighted by atomic mass is 35.5. The molecule has 24 heavy (non-hydrogen) atoms. The minimum atomic E-state index is -1.26. The monoisotopic (exact) mass is 348 g/mol. The molecule has 5 nitrogen and oxygen atoms in total. The molecule has 0 bridgehead atoms. The Morgan fingerprint density at radius 2 is 1.92 bits per heavy atom. The van der Waals surface area contributed by atoms with E-state index < -0.39 is 17.2 Å². The van der Waals surface area contributed by atoms with E-state index in [0.717, 1.165) is 11.1 Å². The van der Waals surface area contributed by atoms with Gasteiger partial charge in [-0.1, -0.05) is 17.7 Å². The van der Waals surface area contributed by atoms with E-state index in [1.54, 1.807) is 32.0 Å². The number of amides is 2. The van der Waals surface area contributed by atoms with Crippen LogP contribution in [-0.4, -0.2) is 11.8 Å². The summed E-state index contributed by atoms with van der Waals surface area (Å²) in [7, 11) is 0. The first-order valence-corrected chi connectivity index (χ1v) is 7.98. The summed E-state index contributed by atoms with van der Waals surface area (Å²) in [6, 6.07) is 7.18. The molecule has 0 saturated carbocycles. The number of rotatable bonds is 5. The van der Waals surface area contributed by atoms with Crippen LogP contribution in [0, 0.1) is 19.3 Å². The Hall–Kier alpha value is -2.27. The summed E-state index contributed by atoms with van der Waals surface area (Å²) in [4.78, 5) is 24.9. The third-order valence-corrected chi connectivity index (χ3v) is 4.11. The van der Waals surface area contributed by atoms with Gasteiger partial charge in [-0.3, -0.25) is 9.59 Å². The standard InChI is InChI=1S/C18H21ClN2O3/c1-11-8-12(2)15(14(19)9-11)21-17(23)18(3,4)16(22)20-10-13-6-5-7-24-13/h5-9H,10H2,1-4H3,(H,20,22)(H,21,23). The molecule has 0 aliphatic rings. The van der Waals surface area contributed by atoms with Crippen molar-refractivity contribution in [1.82, 2.24) is 5.32 Å². The first kappa shape index (κ1) is 18.1. The fraction of sp³-hybridized carbons (Fsp3) is 0.333. The molecule has 2 rings (SSSR count). The van der Waals surface area contributed by atoms with Crippen LogP contribution in [0.5, 0.6) is 0 Å². The smallest absolute Gasteiger partial charge is 0.239 e. The summed E-state index contributed by atoms with van der Waals surface area (Å²) in [5.41, 5.74) is 1.12. The van der Waals surface area contributed by atoms with E-state index in [9.17, 15) is 9.59 Å². The quantitative estimate of drug-likeness (QED) is 0.806. The highest BCUT2D eigenvalue weighted by Gasteiger charge is 2.36. The summed E-state index contributed by atoms with van der Waals surface area (Å²) in [5.74, 6) is -0.192. The Morgan fingerprint density at radius 1 is 1.21 bits per heavy atom. The number of furan rings is 1. The Balaban J connectivity index is 2.08. The van der Waals surface area contributed by atoms with E-state index in [1.165, 1.54) is 6.26 Å². The van der Waals surface area contributed by atoms with Crippen molar-refractivity contribution in [3.63, 3.8) is 0 Å². The number of nitrogens with one attached hydrogen (secondary N) is 2. The molecule has 128 valence electrons. The Labute approximate surface area is 146 Å². The van der Waals surface area contributed by atoms with Crippen molar-refractivity contribution in [2.75, 3.05) is 5.32 Å². The van der Waals surface area contributed by atoms with Gasteiger partial charge in [-0.2, -0.15) is 0 Å². The lowest BCUT2D eigenvalue weighted by atomic mass is 9.90. The molecule has 1 aromatic carbocycles. The normalized spacial score (nSPS) is 11.2. The fourth-order valence-electron chi connectivity index (χ4n) is 2.25. The number of hydrogen-bond acceptors (Lipinski definition) is 3. The second-order valence-electron chi connectivity index (χ2n) is 6.28. The average molecular weight is 349 g/mol. The number of benzene rings is 1. The van der Waals surface area contributed by atoms with Crippen molar-refractivity contribution in [2.24, 2.45) is 5.41 Å². The van der Waals surface area contributed by atoms with E-state index in [0.29, 0.717) is 16.5 Å². The van der Waals surface area contributed by atoms with Crippen LogP contribution in [-0.2, 0) is 16.1 Å². The van der Waals surface area contributed by atoms with E-state index in [-0.39, 0.29) is 6.54 Å². The van der Waals surface area contributed by atoms with Gasteiger partial charge in [0.05, 0.1) is 23.5 Å². The first-order valence-electron chi connectivity index (χ1n) is 7.60. The van der Waals surface area contributed by atoms with Crippen LogP contribution in [0.25, 0.3) is 0 Å². The van der Waals surface area contributed by atoms with Gasteiger partial charge in [0.2, 0.25) is 11.8 Å². The zero-order valence-electron chi connectivity index (χ0n) is 14.2. The van der Waals surface area contributed by atoms with E-state index >= 15 is 0 Å². The van der Waals surface area contributed by atoms with Crippen LogP contribution >= 0.6 is 11.6 Å². The summed E-state index contributed by atoms with van der Waals surface area (Å²) in [5, 5.41) is 5.92. The molecule has 2 N–H and O–H groups in total. The van der Waals surface area contributed by atoms with Gasteiger partial charge in [-0.25, -0.2) is 0 Å². The second kappa shape index (κ2) is 7.09. The number of aryl methyl sites for hydroxylation is 2. The molecule has 0 atom stereocenters. The maximum absolute atomic E-state index is 12.6. The second-order valence-corrected chi connectivity index (χ2v) is 6.69. The predicted octanol–water partition coefficient (Wildman–Crippen LogP) is 3.83. The SMILES string of the molecule is Cc1cc(C)c(NC(=O)C(C)(C)C(=O)NCc2ccco2)c(Cl)c1. The topological polar surface area (TPSA) is 71.3 Å². The first-order chi connectivity index (χ1) is 11.2. The minimum Gasteiger partial charge on any atom is -0.467 e. The molecule has 1 heterocycles. The molecule has 0 fully saturated rings. The van der Waals surface area contributed by atoms with E-state index in [1.807, 2.05) is 19.9 Å². The lowest BCUT2D eigenvalue weighted by Gasteiger charge is -2.23. The van der Waals surface area contributed by atoms with Gasteiger partial charge in [-0.05, 0) is 57.0 Å². The third kappa shape index (κ3) is 3.97. The van der Waals surface area contributed by atoms with Gasteiger partial charge in [0.25, 0.3) is 0 Å². The zero-order chi connectivity index (χ0) is 17.9. The molecule has 0 radical (unpaired) electrons. The highest BCUT2D eigenvalue weighted by molar-refractivity contribution is 6.34. The van der Waals surface area contributed by atoms with Crippen molar-refractivity contribution in [3.8, 4) is 0 Å². The van der Waals surface area contributed by atoms with Gasteiger partial charge in [0.15, 0.2) is 0 Å². The molecule has 6 heteroatoms. The molecular weight excluding hydrogens is 328 g/mol. The number of anilines is 1. The lowest BCUT2D eigenvalue weighted by Crippen LogP contribution is -2.45. The minimum absolute atomic E-state index is 0.229. The van der Waals surface area contributed by atoms with Gasteiger partial charge in [0.1, 0.15) is 11.2 Å². The number of hydrogen-bond donors (Lipinski definition) is 2. The molecular formula is C18H21ClN2O3. The van der Waals surface area contributed by atoms with Crippen LogP contribution in [0.15, 0.2) is 34.9 Å². The van der Waals surface area contributed by atoms with Gasteiger partial charge >= 0.3 is 0 Å². The average Bonchev–Trinajstić information content (AvgIpc) is 3.01. The molecule has 2 amide bonds. The largest absolute Gasteiger partial charge is 0.467 e. The van der Waals surface area contributed by atoms with Crippen LogP contribution in [0.1, 0.15) is 30.7 Å². The Kier molecular flexibility index (Phi) is 5.34. The summed E-state index contributed by atoms with van der Waals surface area (Å²) in [6.45, 7) is 7.15. The maximum Gasteiger partial charge on any atom is 0.239 e. The molecule has 1 aromatic heterocycles. The number of carbonyl (C=O) groups excluding carboxylic acids is 2. The number of halogens is 1. The lowest BCUT2D eigenvalue weighted by molar-refractivity contribution is -0.138. The van der Waals surface area contributed by atoms with E-state index in [2.05, 4.69) is 10.6 Å². The van der Waals surface area contributed by atoms with Crippen LogP contribution in [0.2, 0.25) is 5.02 Å². The van der Waals surface area contributed by atoms with Crippen molar-refractivity contribution < 1.29 is 14.0 Å². The molecule has 0 spiro atoms. The molecule has 2 aromatic rings. The predicted molar refractivity (Wildman–Crippen MR) is 93.9 cm³/mol. The van der Waals surface area contributed by atoms with Crippen molar-refractivity contribution in [2.45, 2.75) is 34.2 Å². The Morgan fingerprint density at radius 3 is 2.50 bits per heavy atom. The zero-order valence-corrected chi connectivity index (χ0v) is 15.0. The van der Waals surface area contributed by atoms with Crippen molar-refractivity contribution in [1.29, 1.82) is 0 Å². The number of carbonyl (C=O) groups is 2. The Bertz CT molecular complexity index is 729. The molecule has 0 saturated heterocycles. The highest BCUT2D eigenvalue weighted by Crippen LogP contribution is 2.29. The maximum atomic E-state index is 12.6. The summed E-state index contributed by atoms with van der Waals surface area (Å²) >= 11 is 6.21. The third-order valence-electron chi connectivity index (χ3n) is 3.81.